The van der Waals surface area contributed by atoms with E-state index in [1.165, 1.54) is 12.1 Å². The van der Waals surface area contributed by atoms with Gasteiger partial charge in [-0.2, -0.15) is 4.37 Å². The van der Waals surface area contributed by atoms with Gasteiger partial charge in [-0.3, -0.25) is 14.9 Å². The summed E-state index contributed by atoms with van der Waals surface area (Å²) in [4.78, 5) is 22.3. The summed E-state index contributed by atoms with van der Waals surface area (Å²) in [6.07, 6.45) is 0.0934. The number of fused-ring (bicyclic) bond motifs is 1. The van der Waals surface area contributed by atoms with Crippen molar-refractivity contribution in [2.24, 2.45) is 0 Å². The van der Waals surface area contributed by atoms with Gasteiger partial charge in [-0.1, -0.05) is 0 Å². The Morgan fingerprint density at radius 2 is 2.33 bits per heavy atom. The largest absolute Gasteiger partial charge is 0.466 e. The summed E-state index contributed by atoms with van der Waals surface area (Å²) in [5, 5.41) is 11.3. The Hall–Kier alpha value is -2.02. The molecule has 1 heterocycles. The SMILES string of the molecule is CCOC(=O)Cc1snc2ccc([N+](=O)[O-])cc12. The van der Waals surface area contributed by atoms with Gasteiger partial charge in [0.1, 0.15) is 0 Å². The molecule has 7 heteroatoms. The highest BCUT2D eigenvalue weighted by atomic mass is 32.1. The van der Waals surface area contributed by atoms with E-state index in [9.17, 15) is 14.9 Å². The number of nitrogens with zero attached hydrogens (tertiary/aromatic N) is 2. The average Bonchev–Trinajstić information content (AvgIpc) is 2.72. The number of esters is 1. The summed E-state index contributed by atoms with van der Waals surface area (Å²) in [5.74, 6) is -0.352. The first-order valence-corrected chi connectivity index (χ1v) is 6.07. The van der Waals surface area contributed by atoms with Crippen LogP contribution >= 0.6 is 11.5 Å². The van der Waals surface area contributed by atoms with E-state index in [4.69, 9.17) is 4.74 Å². The Morgan fingerprint density at radius 3 is 3.00 bits per heavy atom. The summed E-state index contributed by atoms with van der Waals surface area (Å²) in [5.41, 5.74) is 0.651. The number of nitro groups is 1. The van der Waals surface area contributed by atoms with Crippen LogP contribution in [0.1, 0.15) is 11.8 Å². The number of hydrogen-bond donors (Lipinski definition) is 0. The van der Waals surface area contributed by atoms with E-state index in [0.717, 1.165) is 11.5 Å². The van der Waals surface area contributed by atoms with Crippen LogP contribution in [0, 0.1) is 10.1 Å². The standard InChI is InChI=1S/C11H10N2O4S/c1-2-17-11(14)6-10-8-5-7(13(15)16)3-4-9(8)12-18-10/h3-5H,2,6H2,1H3. The number of carbonyl (C=O) groups is 1. The van der Waals surface area contributed by atoms with Gasteiger partial charge < -0.3 is 4.74 Å². The highest BCUT2D eigenvalue weighted by Gasteiger charge is 2.14. The molecule has 0 aliphatic heterocycles. The van der Waals surface area contributed by atoms with Crippen molar-refractivity contribution in [1.82, 2.24) is 4.37 Å². The van der Waals surface area contributed by atoms with Crippen LogP contribution in [-0.4, -0.2) is 21.9 Å². The van der Waals surface area contributed by atoms with Crippen molar-refractivity contribution in [2.75, 3.05) is 6.61 Å². The molecule has 1 aromatic heterocycles. The molecule has 0 radical (unpaired) electrons. The number of non-ortho nitro benzene ring substituents is 1. The molecule has 2 rings (SSSR count). The number of carbonyl (C=O) groups excluding carboxylic acids is 1. The van der Waals surface area contributed by atoms with E-state index in [1.54, 1.807) is 13.0 Å². The van der Waals surface area contributed by atoms with Gasteiger partial charge in [-0.05, 0) is 24.5 Å². The number of aromatic nitrogens is 1. The Morgan fingerprint density at radius 1 is 1.56 bits per heavy atom. The maximum absolute atomic E-state index is 11.4. The van der Waals surface area contributed by atoms with Crippen LogP contribution in [0.4, 0.5) is 5.69 Å². The average molecular weight is 266 g/mol. The molecule has 0 atom stereocenters. The number of ether oxygens (including phenoxy) is 1. The fourth-order valence-corrected chi connectivity index (χ4v) is 2.38. The molecule has 0 fully saturated rings. The number of rotatable bonds is 4. The second kappa shape index (κ2) is 5.09. The van der Waals surface area contributed by atoms with Gasteiger partial charge in [0.05, 0.1) is 23.5 Å². The third-order valence-corrected chi connectivity index (χ3v) is 3.23. The Balaban J connectivity index is 2.36. The van der Waals surface area contributed by atoms with E-state index in [1.807, 2.05) is 0 Å². The molecule has 0 unspecified atom stereocenters. The van der Waals surface area contributed by atoms with Crippen LogP contribution in [0.25, 0.3) is 10.9 Å². The van der Waals surface area contributed by atoms with E-state index in [-0.39, 0.29) is 18.1 Å². The molecule has 1 aromatic carbocycles. The molecule has 2 aromatic rings. The third-order valence-electron chi connectivity index (χ3n) is 2.36. The summed E-state index contributed by atoms with van der Waals surface area (Å²) in [6.45, 7) is 2.04. The third kappa shape index (κ3) is 2.45. The minimum atomic E-state index is -0.467. The molecule has 0 spiro atoms. The molecule has 0 aliphatic rings. The lowest BCUT2D eigenvalue weighted by Gasteiger charge is -1.99. The zero-order valence-corrected chi connectivity index (χ0v) is 10.4. The molecular formula is C11H10N2O4S. The Bertz CT molecular complexity index is 608. The van der Waals surface area contributed by atoms with Crippen LogP contribution in [0.15, 0.2) is 18.2 Å². The summed E-state index contributed by atoms with van der Waals surface area (Å²) < 4.78 is 8.99. The summed E-state index contributed by atoms with van der Waals surface area (Å²) in [6, 6.07) is 4.42. The van der Waals surface area contributed by atoms with E-state index in [2.05, 4.69) is 4.37 Å². The quantitative estimate of drug-likeness (QED) is 0.481. The molecule has 0 bridgehead atoms. The molecule has 0 aliphatic carbocycles. The predicted molar refractivity (Wildman–Crippen MR) is 66.6 cm³/mol. The Labute approximate surface area is 107 Å². The maximum Gasteiger partial charge on any atom is 0.311 e. The number of hydrogen-bond acceptors (Lipinski definition) is 6. The fourth-order valence-electron chi connectivity index (χ4n) is 1.56. The van der Waals surface area contributed by atoms with Gasteiger partial charge >= 0.3 is 5.97 Å². The second-order valence-corrected chi connectivity index (χ2v) is 4.40. The molecule has 0 saturated heterocycles. The first-order chi connectivity index (χ1) is 8.61. The smallest absolute Gasteiger partial charge is 0.311 e. The van der Waals surface area contributed by atoms with Gasteiger partial charge in [0.2, 0.25) is 0 Å². The molecule has 0 amide bonds. The minimum absolute atomic E-state index is 0.00666. The summed E-state index contributed by atoms with van der Waals surface area (Å²) in [7, 11) is 0. The first-order valence-electron chi connectivity index (χ1n) is 5.30. The summed E-state index contributed by atoms with van der Waals surface area (Å²) >= 11 is 1.16. The van der Waals surface area contributed by atoms with Crippen LogP contribution in [-0.2, 0) is 16.0 Å². The van der Waals surface area contributed by atoms with E-state index >= 15 is 0 Å². The highest BCUT2D eigenvalue weighted by Crippen LogP contribution is 2.27. The minimum Gasteiger partial charge on any atom is -0.466 e. The lowest BCUT2D eigenvalue weighted by atomic mass is 10.2. The normalized spacial score (nSPS) is 10.5. The predicted octanol–water partition coefficient (Wildman–Crippen LogP) is 2.31. The molecule has 0 saturated carbocycles. The monoisotopic (exact) mass is 266 g/mol. The zero-order valence-electron chi connectivity index (χ0n) is 9.58. The van der Waals surface area contributed by atoms with E-state index < -0.39 is 4.92 Å². The van der Waals surface area contributed by atoms with Crippen molar-refractivity contribution in [3.05, 3.63) is 33.2 Å². The second-order valence-electron chi connectivity index (χ2n) is 3.55. The first kappa shape index (κ1) is 12.4. The van der Waals surface area contributed by atoms with Gasteiger partial charge in [-0.15, -0.1) is 0 Å². The van der Waals surface area contributed by atoms with Crippen molar-refractivity contribution < 1.29 is 14.5 Å². The van der Waals surface area contributed by atoms with Crippen molar-refractivity contribution in [3.63, 3.8) is 0 Å². The van der Waals surface area contributed by atoms with Crippen molar-refractivity contribution in [3.8, 4) is 0 Å². The van der Waals surface area contributed by atoms with Crippen molar-refractivity contribution in [2.45, 2.75) is 13.3 Å². The van der Waals surface area contributed by atoms with Gasteiger partial charge in [-0.25, -0.2) is 0 Å². The number of benzene rings is 1. The fraction of sp³-hybridized carbons (Fsp3) is 0.273. The molecule has 18 heavy (non-hydrogen) atoms. The molecule has 6 nitrogen and oxygen atoms in total. The van der Waals surface area contributed by atoms with Gasteiger partial charge in [0, 0.05) is 22.4 Å². The van der Waals surface area contributed by atoms with Crippen LogP contribution in [0.2, 0.25) is 0 Å². The molecule has 0 N–H and O–H groups in total. The zero-order chi connectivity index (χ0) is 13.1. The van der Waals surface area contributed by atoms with Crippen LogP contribution in [0.5, 0.6) is 0 Å². The topological polar surface area (TPSA) is 82.3 Å². The Kier molecular flexibility index (Phi) is 3.52. The van der Waals surface area contributed by atoms with Crippen molar-refractivity contribution >= 4 is 34.1 Å². The highest BCUT2D eigenvalue weighted by molar-refractivity contribution is 7.07. The van der Waals surface area contributed by atoms with Crippen molar-refractivity contribution in [1.29, 1.82) is 0 Å². The van der Waals surface area contributed by atoms with E-state index in [0.29, 0.717) is 22.4 Å². The van der Waals surface area contributed by atoms with Crippen LogP contribution in [0.3, 0.4) is 0 Å². The molecular weight excluding hydrogens is 256 g/mol. The molecule has 94 valence electrons. The van der Waals surface area contributed by atoms with Crippen LogP contribution < -0.4 is 0 Å². The van der Waals surface area contributed by atoms with Gasteiger partial charge in [0.15, 0.2) is 0 Å². The maximum atomic E-state index is 11.4. The number of nitro benzene ring substituents is 1. The van der Waals surface area contributed by atoms with Gasteiger partial charge in [0.25, 0.3) is 5.69 Å². The lowest BCUT2D eigenvalue weighted by molar-refractivity contribution is -0.384. The lowest BCUT2D eigenvalue weighted by Crippen LogP contribution is -2.06.